The molecule has 1 N–H and O–H groups in total. The number of para-hydroxylation sites is 2. The molecular formula is C27H26N2O3. The van der Waals surface area contributed by atoms with Crippen LogP contribution in [-0.4, -0.2) is 18.4 Å². The Labute approximate surface area is 188 Å². The predicted octanol–water partition coefficient (Wildman–Crippen LogP) is 5.35. The van der Waals surface area contributed by atoms with Gasteiger partial charge in [-0.3, -0.25) is 9.59 Å². The molecule has 0 atom stereocenters. The first-order valence-corrected chi connectivity index (χ1v) is 10.8. The Balaban J connectivity index is 1.80. The number of carbonyl (C=O) groups excluding carboxylic acids is 2. The molecular weight excluding hydrogens is 400 g/mol. The maximum Gasteiger partial charge on any atom is 0.282 e. The van der Waals surface area contributed by atoms with Crippen LogP contribution in [0.3, 0.4) is 0 Å². The van der Waals surface area contributed by atoms with Crippen LogP contribution in [0.1, 0.15) is 30.5 Å². The number of carbonyl (C=O) groups is 2. The van der Waals surface area contributed by atoms with Crippen molar-refractivity contribution in [1.29, 1.82) is 0 Å². The van der Waals surface area contributed by atoms with Crippen LogP contribution in [0.2, 0.25) is 0 Å². The number of amides is 2. The predicted molar refractivity (Wildman–Crippen MR) is 128 cm³/mol. The van der Waals surface area contributed by atoms with Crippen molar-refractivity contribution in [2.45, 2.75) is 27.2 Å². The number of hydrogen-bond acceptors (Lipinski definition) is 4. The van der Waals surface area contributed by atoms with Gasteiger partial charge in [-0.25, -0.2) is 4.90 Å². The molecule has 5 heteroatoms. The average molecular weight is 427 g/mol. The molecule has 3 aromatic carbocycles. The van der Waals surface area contributed by atoms with E-state index in [0.717, 1.165) is 17.5 Å². The van der Waals surface area contributed by atoms with E-state index < -0.39 is 0 Å². The van der Waals surface area contributed by atoms with Crippen molar-refractivity contribution >= 4 is 28.8 Å². The molecule has 5 nitrogen and oxygen atoms in total. The highest BCUT2D eigenvalue weighted by Gasteiger charge is 2.40. The highest BCUT2D eigenvalue weighted by atomic mass is 16.5. The van der Waals surface area contributed by atoms with E-state index in [0.29, 0.717) is 34.9 Å². The quantitative estimate of drug-likeness (QED) is 0.517. The lowest BCUT2D eigenvalue weighted by Gasteiger charge is -2.16. The lowest BCUT2D eigenvalue weighted by Crippen LogP contribution is -2.32. The summed E-state index contributed by atoms with van der Waals surface area (Å²) in [7, 11) is 0. The lowest BCUT2D eigenvalue weighted by atomic mass is 10.0. The van der Waals surface area contributed by atoms with Gasteiger partial charge < -0.3 is 10.1 Å². The average Bonchev–Trinajstić information content (AvgIpc) is 3.05. The Morgan fingerprint density at radius 1 is 0.844 bits per heavy atom. The molecule has 162 valence electrons. The van der Waals surface area contributed by atoms with Gasteiger partial charge in [-0.15, -0.1) is 0 Å². The van der Waals surface area contributed by atoms with E-state index in [-0.39, 0.29) is 17.5 Å². The van der Waals surface area contributed by atoms with E-state index in [9.17, 15) is 9.59 Å². The number of nitrogens with zero attached hydrogens (tertiary/aromatic N) is 1. The molecule has 0 radical (unpaired) electrons. The molecule has 1 heterocycles. The number of hydrogen-bond donors (Lipinski definition) is 1. The van der Waals surface area contributed by atoms with Crippen molar-refractivity contribution < 1.29 is 14.3 Å². The summed E-state index contributed by atoms with van der Waals surface area (Å²) in [5.41, 5.74) is 4.69. The van der Waals surface area contributed by atoms with Gasteiger partial charge in [-0.2, -0.15) is 0 Å². The fraction of sp³-hybridized carbons (Fsp3) is 0.185. The Morgan fingerprint density at radius 3 is 2.19 bits per heavy atom. The van der Waals surface area contributed by atoms with Gasteiger partial charge in [0.15, 0.2) is 0 Å². The standard InChI is InChI=1S/C27H26N2O3/c1-4-19-12-16-21(17-13-19)29-26(30)24(20-14-10-18(3)11-15-20)25(27(29)31)28-22-8-6-7-9-23(22)32-5-2/h6-17,28H,4-5H2,1-3H3. The molecule has 32 heavy (non-hydrogen) atoms. The summed E-state index contributed by atoms with van der Waals surface area (Å²) < 4.78 is 5.71. The third kappa shape index (κ3) is 4.02. The normalized spacial score (nSPS) is 13.7. The first-order valence-electron chi connectivity index (χ1n) is 10.8. The fourth-order valence-corrected chi connectivity index (χ4v) is 3.73. The van der Waals surface area contributed by atoms with Crippen molar-refractivity contribution in [2.75, 3.05) is 16.8 Å². The first-order chi connectivity index (χ1) is 15.5. The van der Waals surface area contributed by atoms with Crippen molar-refractivity contribution in [2.24, 2.45) is 0 Å². The zero-order valence-corrected chi connectivity index (χ0v) is 18.5. The summed E-state index contributed by atoms with van der Waals surface area (Å²) in [5.74, 6) is -0.114. The van der Waals surface area contributed by atoms with Gasteiger partial charge in [0.1, 0.15) is 11.4 Å². The molecule has 3 aromatic rings. The molecule has 0 aliphatic carbocycles. The van der Waals surface area contributed by atoms with E-state index in [1.807, 2.05) is 86.6 Å². The zero-order valence-electron chi connectivity index (χ0n) is 18.5. The van der Waals surface area contributed by atoms with E-state index in [2.05, 4.69) is 12.2 Å². The van der Waals surface area contributed by atoms with E-state index in [1.54, 1.807) is 0 Å². The highest BCUT2D eigenvalue weighted by Crippen LogP contribution is 2.35. The molecule has 0 unspecified atom stereocenters. The number of ether oxygens (including phenoxy) is 1. The Hall–Kier alpha value is -3.86. The number of anilines is 2. The number of benzene rings is 3. The Morgan fingerprint density at radius 2 is 1.53 bits per heavy atom. The van der Waals surface area contributed by atoms with Crippen molar-refractivity contribution in [3.63, 3.8) is 0 Å². The summed E-state index contributed by atoms with van der Waals surface area (Å²) in [6, 6.07) is 22.5. The second-order valence-corrected chi connectivity index (χ2v) is 7.64. The summed E-state index contributed by atoms with van der Waals surface area (Å²) >= 11 is 0. The highest BCUT2D eigenvalue weighted by molar-refractivity contribution is 6.46. The second-order valence-electron chi connectivity index (χ2n) is 7.64. The number of aryl methyl sites for hydroxylation is 2. The topological polar surface area (TPSA) is 58.6 Å². The van der Waals surface area contributed by atoms with Crippen LogP contribution in [-0.2, 0) is 16.0 Å². The van der Waals surface area contributed by atoms with E-state index in [1.165, 1.54) is 4.90 Å². The summed E-state index contributed by atoms with van der Waals surface area (Å²) in [5, 5.41) is 3.20. The van der Waals surface area contributed by atoms with E-state index >= 15 is 0 Å². The molecule has 1 aliphatic rings. The third-order valence-electron chi connectivity index (χ3n) is 5.47. The van der Waals surface area contributed by atoms with Crippen molar-refractivity contribution in [3.05, 3.63) is 95.2 Å². The first kappa shape index (κ1) is 21.4. The third-order valence-corrected chi connectivity index (χ3v) is 5.47. The maximum absolute atomic E-state index is 13.5. The Bertz CT molecular complexity index is 1180. The van der Waals surface area contributed by atoms with Crippen LogP contribution in [0.5, 0.6) is 5.75 Å². The second kappa shape index (κ2) is 9.10. The molecule has 2 amide bonds. The number of rotatable bonds is 7. The molecule has 1 aliphatic heterocycles. The molecule has 4 rings (SSSR count). The van der Waals surface area contributed by atoms with Crippen LogP contribution < -0.4 is 15.0 Å². The minimum Gasteiger partial charge on any atom is -0.492 e. The molecule has 0 aromatic heterocycles. The molecule has 0 fully saturated rings. The molecule has 0 bridgehead atoms. The van der Waals surface area contributed by atoms with Gasteiger partial charge in [0.05, 0.1) is 23.6 Å². The minimum atomic E-state index is -0.388. The van der Waals surface area contributed by atoms with Gasteiger partial charge in [0.2, 0.25) is 0 Å². The largest absolute Gasteiger partial charge is 0.492 e. The summed E-state index contributed by atoms with van der Waals surface area (Å²) in [4.78, 5) is 28.3. The van der Waals surface area contributed by atoms with Crippen LogP contribution in [0.4, 0.5) is 11.4 Å². The maximum atomic E-state index is 13.5. The van der Waals surface area contributed by atoms with Gasteiger partial charge in [0.25, 0.3) is 11.8 Å². The summed E-state index contributed by atoms with van der Waals surface area (Å²) in [6.07, 6.45) is 0.885. The van der Waals surface area contributed by atoms with Crippen LogP contribution >= 0.6 is 0 Å². The SMILES string of the molecule is CCOc1ccccc1NC1=C(c2ccc(C)cc2)C(=O)N(c2ccc(CC)cc2)C1=O. The smallest absolute Gasteiger partial charge is 0.282 e. The van der Waals surface area contributed by atoms with Gasteiger partial charge >= 0.3 is 0 Å². The minimum absolute atomic E-state index is 0.241. The van der Waals surface area contributed by atoms with Crippen molar-refractivity contribution in [1.82, 2.24) is 0 Å². The summed E-state index contributed by atoms with van der Waals surface area (Å²) in [6.45, 7) is 6.44. The zero-order chi connectivity index (χ0) is 22.7. The molecule has 0 spiro atoms. The molecule has 0 saturated carbocycles. The van der Waals surface area contributed by atoms with Crippen LogP contribution in [0.25, 0.3) is 5.57 Å². The van der Waals surface area contributed by atoms with Crippen molar-refractivity contribution in [3.8, 4) is 5.75 Å². The van der Waals surface area contributed by atoms with Crippen LogP contribution in [0.15, 0.2) is 78.5 Å². The molecule has 0 saturated heterocycles. The van der Waals surface area contributed by atoms with Crippen LogP contribution in [0, 0.1) is 6.92 Å². The fourth-order valence-electron chi connectivity index (χ4n) is 3.73. The Kier molecular flexibility index (Phi) is 6.08. The van der Waals surface area contributed by atoms with Gasteiger partial charge in [-0.05, 0) is 55.7 Å². The lowest BCUT2D eigenvalue weighted by molar-refractivity contribution is -0.120. The monoisotopic (exact) mass is 426 g/mol. The van der Waals surface area contributed by atoms with Gasteiger partial charge in [0, 0.05) is 0 Å². The van der Waals surface area contributed by atoms with E-state index in [4.69, 9.17) is 4.74 Å². The number of imide groups is 1. The number of nitrogens with one attached hydrogen (secondary N) is 1. The van der Waals surface area contributed by atoms with Gasteiger partial charge in [-0.1, -0.05) is 61.0 Å².